The molecule has 0 aliphatic heterocycles. The third kappa shape index (κ3) is 4.12. The normalized spacial score (nSPS) is 11.4. The maximum Gasteiger partial charge on any atom is 0.254 e. The van der Waals surface area contributed by atoms with E-state index in [1.54, 1.807) is 24.3 Å². The molecule has 0 atom stereocenters. The first kappa shape index (κ1) is 19.2. The van der Waals surface area contributed by atoms with Gasteiger partial charge in [0.2, 0.25) is 10.0 Å². The summed E-state index contributed by atoms with van der Waals surface area (Å²) in [5.41, 5.74) is 0.840. The molecule has 0 radical (unpaired) electrons. The van der Waals surface area contributed by atoms with Crippen LogP contribution in [0.3, 0.4) is 0 Å². The Kier molecular flexibility index (Phi) is 6.05. The molecule has 0 fully saturated rings. The number of benzene rings is 2. The summed E-state index contributed by atoms with van der Waals surface area (Å²) in [5.74, 6) is -0.130. The highest BCUT2D eigenvalue weighted by Crippen LogP contribution is 2.26. The van der Waals surface area contributed by atoms with Gasteiger partial charge < -0.3 is 10.1 Å². The van der Waals surface area contributed by atoms with E-state index in [9.17, 15) is 13.2 Å². The average Bonchev–Trinajstić information content (AvgIpc) is 2.62. The minimum Gasteiger partial charge on any atom is -0.496 e. The summed E-state index contributed by atoms with van der Waals surface area (Å²) in [7, 11) is 0.538. The number of rotatable bonds is 6. The van der Waals surface area contributed by atoms with Gasteiger partial charge >= 0.3 is 0 Å². The van der Waals surface area contributed by atoms with Gasteiger partial charge in [-0.05, 0) is 29.8 Å². The number of halogens is 1. The quantitative estimate of drug-likeness (QED) is 0.833. The van der Waals surface area contributed by atoms with Crippen LogP contribution in [0.2, 0.25) is 5.02 Å². The van der Waals surface area contributed by atoms with Crippen LogP contribution in [0.4, 0.5) is 0 Å². The Labute approximate surface area is 152 Å². The number of nitrogens with one attached hydrogen (secondary N) is 1. The van der Waals surface area contributed by atoms with Gasteiger partial charge in [-0.1, -0.05) is 29.8 Å². The van der Waals surface area contributed by atoms with E-state index in [0.717, 1.165) is 0 Å². The molecule has 0 aromatic heterocycles. The van der Waals surface area contributed by atoms with E-state index in [1.165, 1.54) is 43.7 Å². The van der Waals surface area contributed by atoms with Crippen molar-refractivity contribution in [1.82, 2.24) is 9.62 Å². The summed E-state index contributed by atoms with van der Waals surface area (Å²) in [6, 6.07) is 11.2. The average molecular weight is 383 g/mol. The molecule has 25 heavy (non-hydrogen) atoms. The number of nitrogens with zero attached hydrogens (tertiary/aromatic N) is 1. The Morgan fingerprint density at radius 2 is 1.92 bits per heavy atom. The molecule has 2 aromatic carbocycles. The molecule has 0 saturated heterocycles. The fourth-order valence-electron chi connectivity index (χ4n) is 2.29. The van der Waals surface area contributed by atoms with Crippen LogP contribution < -0.4 is 10.1 Å². The largest absolute Gasteiger partial charge is 0.496 e. The Morgan fingerprint density at radius 3 is 2.52 bits per heavy atom. The lowest BCUT2D eigenvalue weighted by molar-refractivity contribution is 0.0960. The van der Waals surface area contributed by atoms with Crippen LogP contribution in [-0.2, 0) is 16.6 Å². The van der Waals surface area contributed by atoms with Crippen molar-refractivity contribution in [3.05, 3.63) is 58.6 Å². The van der Waals surface area contributed by atoms with Crippen LogP contribution >= 0.6 is 11.6 Å². The van der Waals surface area contributed by atoms with Crippen molar-refractivity contribution < 1.29 is 17.9 Å². The van der Waals surface area contributed by atoms with Gasteiger partial charge in [-0.3, -0.25) is 4.79 Å². The first-order valence-electron chi connectivity index (χ1n) is 7.41. The Balaban J connectivity index is 2.38. The van der Waals surface area contributed by atoms with Crippen LogP contribution in [0.15, 0.2) is 47.4 Å². The van der Waals surface area contributed by atoms with E-state index in [1.807, 2.05) is 0 Å². The van der Waals surface area contributed by atoms with Gasteiger partial charge in [0.1, 0.15) is 5.75 Å². The molecule has 1 amide bonds. The van der Waals surface area contributed by atoms with Crippen LogP contribution in [0.25, 0.3) is 0 Å². The topological polar surface area (TPSA) is 75.7 Å². The fraction of sp³-hybridized carbons (Fsp3) is 0.235. The molecule has 6 nitrogen and oxygen atoms in total. The Morgan fingerprint density at radius 1 is 1.24 bits per heavy atom. The molecule has 0 spiro atoms. The van der Waals surface area contributed by atoms with Crippen LogP contribution in [0.1, 0.15) is 15.9 Å². The third-order valence-corrected chi connectivity index (χ3v) is 5.87. The van der Waals surface area contributed by atoms with Gasteiger partial charge in [-0.15, -0.1) is 0 Å². The maximum atomic E-state index is 12.8. The summed E-state index contributed by atoms with van der Waals surface area (Å²) in [5, 5.41) is 2.96. The monoisotopic (exact) mass is 382 g/mol. The Hall–Kier alpha value is -2.09. The fourth-order valence-corrected chi connectivity index (χ4v) is 3.66. The lowest BCUT2D eigenvalue weighted by atomic mass is 10.2. The number of methoxy groups -OCH3 is 1. The number of hydrogen-bond acceptors (Lipinski definition) is 4. The molecule has 0 bridgehead atoms. The van der Waals surface area contributed by atoms with E-state index in [4.69, 9.17) is 16.3 Å². The third-order valence-electron chi connectivity index (χ3n) is 3.70. The molecule has 2 aromatic rings. The summed E-state index contributed by atoms with van der Waals surface area (Å²) >= 11 is 6.10. The van der Waals surface area contributed by atoms with Crippen molar-refractivity contribution in [2.45, 2.75) is 11.4 Å². The van der Waals surface area contributed by atoms with Crippen molar-refractivity contribution in [3.8, 4) is 5.75 Å². The van der Waals surface area contributed by atoms with Crippen molar-refractivity contribution in [3.63, 3.8) is 0 Å². The lowest BCUT2D eigenvalue weighted by Crippen LogP contribution is -2.27. The number of amides is 1. The molecule has 8 heteroatoms. The smallest absolute Gasteiger partial charge is 0.254 e. The second-order valence-corrected chi connectivity index (χ2v) is 7.75. The zero-order chi connectivity index (χ0) is 18.6. The predicted octanol–water partition coefficient (Wildman–Crippen LogP) is 2.53. The van der Waals surface area contributed by atoms with E-state index in [2.05, 4.69) is 5.32 Å². The van der Waals surface area contributed by atoms with Crippen molar-refractivity contribution in [1.29, 1.82) is 0 Å². The van der Waals surface area contributed by atoms with Crippen molar-refractivity contribution in [2.75, 3.05) is 21.2 Å². The highest BCUT2D eigenvalue weighted by molar-refractivity contribution is 7.89. The second-order valence-electron chi connectivity index (χ2n) is 5.29. The van der Waals surface area contributed by atoms with Gasteiger partial charge in [-0.2, -0.15) is 4.31 Å². The first-order chi connectivity index (χ1) is 11.8. The molecular formula is C17H19ClN2O4S. The SMILES string of the molecule is CNC(=O)c1cc(S(=O)(=O)N(C)Cc2ccccc2Cl)ccc1OC. The molecule has 0 aliphatic rings. The molecule has 2 rings (SSSR count). The molecular weight excluding hydrogens is 364 g/mol. The van der Waals surface area contributed by atoms with Gasteiger partial charge in [0.15, 0.2) is 0 Å². The molecule has 0 unspecified atom stereocenters. The van der Waals surface area contributed by atoms with E-state index in [0.29, 0.717) is 16.3 Å². The highest BCUT2D eigenvalue weighted by Gasteiger charge is 2.24. The van der Waals surface area contributed by atoms with Gasteiger partial charge in [0, 0.05) is 25.7 Å². The predicted molar refractivity (Wildman–Crippen MR) is 96.5 cm³/mol. The van der Waals surface area contributed by atoms with E-state index in [-0.39, 0.29) is 17.0 Å². The zero-order valence-electron chi connectivity index (χ0n) is 14.1. The van der Waals surface area contributed by atoms with Crippen LogP contribution in [0.5, 0.6) is 5.75 Å². The Bertz CT molecular complexity index is 884. The maximum absolute atomic E-state index is 12.8. The summed E-state index contributed by atoms with van der Waals surface area (Å²) in [4.78, 5) is 12.0. The molecule has 134 valence electrons. The van der Waals surface area contributed by atoms with E-state index < -0.39 is 15.9 Å². The zero-order valence-corrected chi connectivity index (χ0v) is 15.7. The summed E-state index contributed by atoms with van der Waals surface area (Å²) in [6.07, 6.45) is 0. The standard InChI is InChI=1S/C17H19ClN2O4S/c1-19-17(21)14-10-13(8-9-16(14)24-3)25(22,23)20(2)11-12-6-4-5-7-15(12)18/h4-10H,11H2,1-3H3,(H,19,21). The van der Waals surface area contributed by atoms with Gasteiger partial charge in [0.25, 0.3) is 5.91 Å². The lowest BCUT2D eigenvalue weighted by Gasteiger charge is -2.19. The van der Waals surface area contributed by atoms with E-state index >= 15 is 0 Å². The van der Waals surface area contributed by atoms with Gasteiger partial charge in [0.05, 0.1) is 17.6 Å². The van der Waals surface area contributed by atoms with Crippen molar-refractivity contribution >= 4 is 27.5 Å². The minimum atomic E-state index is -3.80. The minimum absolute atomic E-state index is 0.00135. The number of hydrogen-bond donors (Lipinski definition) is 1. The number of carbonyl (C=O) groups excluding carboxylic acids is 1. The molecule has 0 heterocycles. The first-order valence-corrected chi connectivity index (χ1v) is 9.23. The van der Waals surface area contributed by atoms with Gasteiger partial charge in [-0.25, -0.2) is 8.42 Å². The highest BCUT2D eigenvalue weighted by atomic mass is 35.5. The second kappa shape index (κ2) is 7.86. The molecule has 0 aliphatic carbocycles. The number of sulfonamides is 1. The van der Waals surface area contributed by atoms with Crippen LogP contribution in [0, 0.1) is 0 Å². The van der Waals surface area contributed by atoms with Crippen molar-refractivity contribution in [2.24, 2.45) is 0 Å². The number of ether oxygens (including phenoxy) is 1. The summed E-state index contributed by atoms with van der Waals surface area (Å²) < 4.78 is 31.9. The summed E-state index contributed by atoms with van der Waals surface area (Å²) in [6.45, 7) is 0.114. The molecule has 0 saturated carbocycles. The van der Waals surface area contributed by atoms with Crippen LogP contribution in [-0.4, -0.2) is 39.8 Å². The molecule has 1 N–H and O–H groups in total. The number of carbonyl (C=O) groups is 1.